The number of hydrogen-bond donors (Lipinski definition) is 3. The average molecular weight is 401 g/mol. The summed E-state index contributed by atoms with van der Waals surface area (Å²) in [6.07, 6.45) is 5.79. The lowest BCUT2D eigenvalue weighted by Crippen LogP contribution is -2.24. The Balaban J connectivity index is 0.00000132. The Labute approximate surface area is 172 Å². The van der Waals surface area contributed by atoms with E-state index in [0.717, 1.165) is 49.2 Å². The molecule has 1 atom stereocenters. The van der Waals surface area contributed by atoms with E-state index >= 15 is 0 Å². The van der Waals surface area contributed by atoms with Crippen LogP contribution in [0.15, 0.2) is 24.3 Å². The molecule has 2 aromatic rings. The largest absolute Gasteiger partial charge is 0.396 e. The highest BCUT2D eigenvalue weighted by molar-refractivity contribution is 5.53. The van der Waals surface area contributed by atoms with Crippen LogP contribution in [0, 0.1) is 6.92 Å². The zero-order valence-corrected chi connectivity index (χ0v) is 17.6. The molecular formula is C22H32N4O3. The molecule has 158 valence electrons. The molecule has 1 aromatic carbocycles. The summed E-state index contributed by atoms with van der Waals surface area (Å²) >= 11 is 0. The van der Waals surface area contributed by atoms with Crippen molar-refractivity contribution in [1.29, 1.82) is 0 Å². The second kappa shape index (κ2) is 13.4. The molecule has 0 aliphatic carbocycles. The summed E-state index contributed by atoms with van der Waals surface area (Å²) in [5.41, 5.74) is 10.6. The van der Waals surface area contributed by atoms with E-state index in [1.54, 1.807) is 0 Å². The number of carbonyl (C=O) groups excluding carboxylic acids is 2. The van der Waals surface area contributed by atoms with E-state index < -0.39 is 0 Å². The summed E-state index contributed by atoms with van der Waals surface area (Å²) in [5, 5.41) is 13.0. The Morgan fingerprint density at radius 2 is 1.86 bits per heavy atom. The van der Waals surface area contributed by atoms with Gasteiger partial charge >= 0.3 is 6.15 Å². The van der Waals surface area contributed by atoms with E-state index in [1.165, 1.54) is 11.1 Å². The fraction of sp³-hybridized carbons (Fsp3) is 0.500. The van der Waals surface area contributed by atoms with E-state index in [9.17, 15) is 5.11 Å². The highest BCUT2D eigenvalue weighted by Gasteiger charge is 2.17. The standard InChI is InChI=1S/C21H32N4O.CO2/c1-4-6-11-17(12-13-26)23-20-18(19(5-2)24-21(22)25-20)14-16-10-8-7-9-15(16)3;2-1-3/h7-10,17,26H,4-6,11-14H2,1-3H3,(H3,22,23,24,25);/t17-;/m0./s1. The maximum Gasteiger partial charge on any atom is 0.373 e. The van der Waals surface area contributed by atoms with Gasteiger partial charge in [-0.25, -0.2) is 4.98 Å². The lowest BCUT2D eigenvalue weighted by atomic mass is 9.98. The summed E-state index contributed by atoms with van der Waals surface area (Å²) in [7, 11) is 0. The normalized spacial score (nSPS) is 11.2. The van der Waals surface area contributed by atoms with E-state index in [-0.39, 0.29) is 18.8 Å². The Morgan fingerprint density at radius 1 is 1.17 bits per heavy atom. The van der Waals surface area contributed by atoms with Crippen LogP contribution in [0.3, 0.4) is 0 Å². The Kier molecular flexibility index (Phi) is 11.2. The van der Waals surface area contributed by atoms with Crippen molar-refractivity contribution < 1.29 is 14.7 Å². The van der Waals surface area contributed by atoms with Gasteiger partial charge in [0, 0.05) is 24.6 Å². The minimum Gasteiger partial charge on any atom is -0.396 e. The predicted octanol–water partition coefficient (Wildman–Crippen LogP) is 3.29. The van der Waals surface area contributed by atoms with Gasteiger partial charge in [0.15, 0.2) is 0 Å². The van der Waals surface area contributed by atoms with Crippen LogP contribution >= 0.6 is 0 Å². The molecule has 29 heavy (non-hydrogen) atoms. The number of aromatic nitrogens is 2. The molecule has 4 N–H and O–H groups in total. The zero-order chi connectivity index (χ0) is 21.6. The number of nitrogens with zero attached hydrogens (tertiary/aromatic N) is 2. The topological polar surface area (TPSA) is 118 Å². The first-order valence-corrected chi connectivity index (χ1v) is 10.1. The minimum absolute atomic E-state index is 0.162. The number of nitrogen functional groups attached to an aromatic ring is 1. The van der Waals surface area contributed by atoms with Crippen LogP contribution in [0.4, 0.5) is 11.8 Å². The van der Waals surface area contributed by atoms with Crippen molar-refractivity contribution >= 4 is 17.9 Å². The fourth-order valence-electron chi connectivity index (χ4n) is 3.23. The molecule has 0 bridgehead atoms. The first-order chi connectivity index (χ1) is 14.0. The SMILES string of the molecule is CCCC[C@@H](CCO)Nc1nc(N)nc(CC)c1Cc1ccccc1C.O=C=O. The number of anilines is 2. The van der Waals surface area contributed by atoms with E-state index in [0.29, 0.717) is 12.4 Å². The van der Waals surface area contributed by atoms with Gasteiger partial charge in [-0.15, -0.1) is 0 Å². The quantitative estimate of drug-likeness (QED) is 0.560. The highest BCUT2D eigenvalue weighted by Crippen LogP contribution is 2.25. The van der Waals surface area contributed by atoms with Crippen molar-refractivity contribution in [2.75, 3.05) is 17.7 Å². The second-order valence-electron chi connectivity index (χ2n) is 6.89. The van der Waals surface area contributed by atoms with Crippen molar-refractivity contribution in [2.24, 2.45) is 0 Å². The third kappa shape index (κ3) is 8.02. The lowest BCUT2D eigenvalue weighted by Gasteiger charge is -2.22. The van der Waals surface area contributed by atoms with Crippen LogP contribution in [-0.2, 0) is 22.4 Å². The zero-order valence-electron chi connectivity index (χ0n) is 17.6. The van der Waals surface area contributed by atoms with Gasteiger partial charge in [0.05, 0.1) is 5.69 Å². The molecule has 2 rings (SSSR count). The van der Waals surface area contributed by atoms with E-state index in [2.05, 4.69) is 60.3 Å². The number of aryl methyl sites for hydroxylation is 2. The number of nitrogens with two attached hydrogens (primary N) is 1. The van der Waals surface area contributed by atoms with Gasteiger partial charge < -0.3 is 16.2 Å². The molecule has 0 saturated carbocycles. The van der Waals surface area contributed by atoms with Gasteiger partial charge in [0.1, 0.15) is 5.82 Å². The third-order valence-electron chi connectivity index (χ3n) is 4.80. The van der Waals surface area contributed by atoms with E-state index in [1.807, 2.05) is 0 Å². The Bertz CT molecular complexity index is 790. The number of aliphatic hydroxyl groups is 1. The summed E-state index contributed by atoms with van der Waals surface area (Å²) in [6, 6.07) is 8.59. The predicted molar refractivity (Wildman–Crippen MR) is 113 cm³/mol. The molecule has 0 aliphatic rings. The van der Waals surface area contributed by atoms with Gasteiger partial charge in [-0.3, -0.25) is 0 Å². The smallest absolute Gasteiger partial charge is 0.373 e. The molecule has 1 aromatic heterocycles. The van der Waals surface area contributed by atoms with Gasteiger partial charge in [-0.1, -0.05) is 51.0 Å². The van der Waals surface area contributed by atoms with Gasteiger partial charge in [-0.2, -0.15) is 14.6 Å². The molecule has 7 heteroatoms. The van der Waals surface area contributed by atoms with Crippen molar-refractivity contribution in [3.8, 4) is 0 Å². The molecule has 0 spiro atoms. The third-order valence-corrected chi connectivity index (χ3v) is 4.80. The monoisotopic (exact) mass is 400 g/mol. The molecule has 0 radical (unpaired) electrons. The summed E-state index contributed by atoms with van der Waals surface area (Å²) in [6.45, 7) is 6.56. The van der Waals surface area contributed by atoms with Crippen molar-refractivity contribution in [2.45, 2.75) is 65.3 Å². The van der Waals surface area contributed by atoms with Crippen LogP contribution in [0.2, 0.25) is 0 Å². The Morgan fingerprint density at radius 3 is 2.45 bits per heavy atom. The lowest BCUT2D eigenvalue weighted by molar-refractivity contribution is -0.191. The summed E-state index contributed by atoms with van der Waals surface area (Å²) in [5.74, 6) is 1.11. The molecule has 0 aliphatic heterocycles. The molecule has 0 fully saturated rings. The van der Waals surface area contributed by atoms with Gasteiger partial charge in [0.2, 0.25) is 5.95 Å². The van der Waals surface area contributed by atoms with Crippen LogP contribution in [0.5, 0.6) is 0 Å². The number of nitrogens with one attached hydrogen (secondary N) is 1. The first kappa shape index (κ1) is 24.3. The molecular weight excluding hydrogens is 368 g/mol. The highest BCUT2D eigenvalue weighted by atomic mass is 16.3. The number of benzene rings is 1. The second-order valence-corrected chi connectivity index (χ2v) is 6.89. The minimum atomic E-state index is 0.162. The summed E-state index contributed by atoms with van der Waals surface area (Å²) < 4.78 is 0. The number of aliphatic hydroxyl groups excluding tert-OH is 1. The maximum atomic E-state index is 9.41. The maximum absolute atomic E-state index is 9.41. The van der Waals surface area contributed by atoms with Crippen LogP contribution in [0.1, 0.15) is 61.9 Å². The summed E-state index contributed by atoms with van der Waals surface area (Å²) in [4.78, 5) is 25.2. The number of rotatable bonds is 10. The first-order valence-electron chi connectivity index (χ1n) is 10.1. The van der Waals surface area contributed by atoms with Crippen molar-refractivity contribution in [1.82, 2.24) is 9.97 Å². The van der Waals surface area contributed by atoms with Crippen molar-refractivity contribution in [3.05, 3.63) is 46.6 Å². The molecule has 1 heterocycles. The van der Waals surface area contributed by atoms with Crippen molar-refractivity contribution in [3.63, 3.8) is 0 Å². The number of hydrogen-bond acceptors (Lipinski definition) is 7. The molecule has 0 unspecified atom stereocenters. The number of unbranched alkanes of at least 4 members (excludes halogenated alkanes) is 1. The molecule has 0 saturated heterocycles. The Hall–Kier alpha value is -2.76. The van der Waals surface area contributed by atoms with Crippen LogP contribution < -0.4 is 11.1 Å². The van der Waals surface area contributed by atoms with Gasteiger partial charge in [0.25, 0.3) is 0 Å². The van der Waals surface area contributed by atoms with Gasteiger partial charge in [-0.05, 0) is 37.3 Å². The molecule has 7 nitrogen and oxygen atoms in total. The van der Waals surface area contributed by atoms with Crippen LogP contribution in [0.25, 0.3) is 0 Å². The average Bonchev–Trinajstić information content (AvgIpc) is 2.70. The molecule has 0 amide bonds. The van der Waals surface area contributed by atoms with Crippen LogP contribution in [-0.4, -0.2) is 33.9 Å². The fourth-order valence-corrected chi connectivity index (χ4v) is 3.23. The van der Waals surface area contributed by atoms with E-state index in [4.69, 9.17) is 15.3 Å².